The number of hydrogen-bond acceptors (Lipinski definition) is 4. The molecule has 1 aromatic rings. The molecule has 0 N–H and O–H groups in total. The summed E-state index contributed by atoms with van der Waals surface area (Å²) in [5, 5.41) is 0. The van der Waals surface area contributed by atoms with Crippen LogP contribution >= 0.6 is 11.8 Å². The molecule has 0 saturated carbocycles. The molecule has 0 aliphatic carbocycles. The van der Waals surface area contributed by atoms with Gasteiger partial charge in [0.2, 0.25) is 6.10 Å². The Morgan fingerprint density at radius 3 is 2.72 bits per heavy atom. The molecule has 4 nitrogen and oxygen atoms in total. The van der Waals surface area contributed by atoms with Gasteiger partial charge in [-0.05, 0) is 12.1 Å². The molecule has 0 spiro atoms. The van der Waals surface area contributed by atoms with Crippen molar-refractivity contribution in [2.75, 3.05) is 31.2 Å². The molecule has 0 unspecified atom stereocenters. The summed E-state index contributed by atoms with van der Waals surface area (Å²) in [4.78, 5) is 14.1. The van der Waals surface area contributed by atoms with E-state index >= 15 is 0 Å². The average Bonchev–Trinajstić information content (AvgIpc) is 2.47. The van der Waals surface area contributed by atoms with Crippen molar-refractivity contribution in [1.29, 1.82) is 0 Å². The highest BCUT2D eigenvalue weighted by Gasteiger charge is 2.31. The second-order valence-electron chi connectivity index (χ2n) is 4.30. The van der Waals surface area contributed by atoms with E-state index in [4.69, 9.17) is 9.47 Å². The van der Waals surface area contributed by atoms with Crippen LogP contribution in [0.4, 0.5) is 0 Å². The summed E-state index contributed by atoms with van der Waals surface area (Å²) in [7, 11) is 0. The second-order valence-corrected chi connectivity index (χ2v) is 5.53. The number of thioether (sulfide) groups is 1. The number of ether oxygens (including phenoxy) is 2. The topological polar surface area (TPSA) is 38.8 Å². The van der Waals surface area contributed by atoms with Gasteiger partial charge in [0.05, 0.1) is 0 Å². The van der Waals surface area contributed by atoms with Gasteiger partial charge in [0.15, 0.2) is 11.5 Å². The highest BCUT2D eigenvalue weighted by Crippen LogP contribution is 2.31. The number of benzene rings is 1. The van der Waals surface area contributed by atoms with Crippen LogP contribution in [-0.2, 0) is 4.79 Å². The fraction of sp³-hybridized carbons (Fsp3) is 0.462. The average molecular weight is 265 g/mol. The summed E-state index contributed by atoms with van der Waals surface area (Å²) in [6, 6.07) is 7.47. The van der Waals surface area contributed by atoms with Gasteiger partial charge < -0.3 is 14.4 Å². The van der Waals surface area contributed by atoms with E-state index < -0.39 is 6.10 Å². The van der Waals surface area contributed by atoms with Crippen molar-refractivity contribution >= 4 is 17.7 Å². The Bertz CT molecular complexity index is 446. The zero-order valence-electron chi connectivity index (χ0n) is 10.0. The molecule has 2 aliphatic rings. The molecule has 0 radical (unpaired) electrons. The number of para-hydroxylation sites is 2. The Labute approximate surface area is 110 Å². The third-order valence-electron chi connectivity index (χ3n) is 3.11. The zero-order chi connectivity index (χ0) is 12.4. The number of rotatable bonds is 1. The van der Waals surface area contributed by atoms with Crippen molar-refractivity contribution in [3.63, 3.8) is 0 Å². The van der Waals surface area contributed by atoms with E-state index in [-0.39, 0.29) is 5.91 Å². The van der Waals surface area contributed by atoms with Crippen LogP contribution in [0.25, 0.3) is 0 Å². The molecule has 5 heteroatoms. The lowest BCUT2D eigenvalue weighted by atomic mass is 10.2. The number of nitrogens with zero attached hydrogens (tertiary/aromatic N) is 1. The third kappa shape index (κ3) is 2.27. The first kappa shape index (κ1) is 11.7. The quantitative estimate of drug-likeness (QED) is 0.769. The molecule has 1 aromatic carbocycles. The number of fused-ring (bicyclic) bond motifs is 1. The van der Waals surface area contributed by atoms with E-state index in [0.717, 1.165) is 30.3 Å². The number of amides is 1. The summed E-state index contributed by atoms with van der Waals surface area (Å²) in [6.45, 7) is 1.93. The van der Waals surface area contributed by atoms with Crippen LogP contribution in [0.1, 0.15) is 0 Å². The predicted octanol–water partition coefficient (Wildman–Crippen LogP) is 1.40. The lowest BCUT2D eigenvalue weighted by Crippen LogP contribution is -2.49. The second kappa shape index (κ2) is 5.10. The highest BCUT2D eigenvalue weighted by atomic mass is 32.2. The van der Waals surface area contributed by atoms with E-state index in [1.54, 1.807) is 0 Å². The Morgan fingerprint density at radius 2 is 1.94 bits per heavy atom. The summed E-state index contributed by atoms with van der Waals surface area (Å²) < 4.78 is 11.3. The Balaban J connectivity index is 1.69. The standard InChI is InChI=1S/C13H15NO3S/c15-13(14-5-7-18-8-6-14)12-9-16-10-3-1-2-4-11(10)17-12/h1-4,12H,5-9H2/t12-/m1/s1. The van der Waals surface area contributed by atoms with E-state index in [9.17, 15) is 4.79 Å². The van der Waals surface area contributed by atoms with Crippen molar-refractivity contribution in [3.8, 4) is 11.5 Å². The number of carbonyl (C=O) groups excluding carboxylic acids is 1. The lowest BCUT2D eigenvalue weighted by Gasteiger charge is -2.32. The van der Waals surface area contributed by atoms with Gasteiger partial charge >= 0.3 is 0 Å². The summed E-state index contributed by atoms with van der Waals surface area (Å²) in [5.74, 6) is 3.44. The van der Waals surface area contributed by atoms with Crippen molar-refractivity contribution in [1.82, 2.24) is 4.90 Å². The molecule has 18 heavy (non-hydrogen) atoms. The van der Waals surface area contributed by atoms with E-state index in [1.165, 1.54) is 0 Å². The number of hydrogen-bond donors (Lipinski definition) is 0. The van der Waals surface area contributed by atoms with Crippen LogP contribution in [0.3, 0.4) is 0 Å². The first-order valence-corrected chi connectivity index (χ1v) is 7.25. The van der Waals surface area contributed by atoms with Crippen molar-refractivity contribution < 1.29 is 14.3 Å². The smallest absolute Gasteiger partial charge is 0.267 e. The Kier molecular flexibility index (Phi) is 3.32. The minimum Gasteiger partial charge on any atom is -0.485 e. The summed E-state index contributed by atoms with van der Waals surface area (Å²) in [6.07, 6.45) is -0.497. The van der Waals surface area contributed by atoms with Gasteiger partial charge in [-0.1, -0.05) is 12.1 Å². The summed E-state index contributed by atoms with van der Waals surface area (Å²) in [5.41, 5.74) is 0. The first-order valence-electron chi connectivity index (χ1n) is 6.09. The van der Waals surface area contributed by atoms with Gasteiger partial charge in [-0.15, -0.1) is 0 Å². The molecule has 0 bridgehead atoms. The predicted molar refractivity (Wildman–Crippen MR) is 70.3 cm³/mol. The molecule has 3 rings (SSSR count). The van der Waals surface area contributed by atoms with Crippen LogP contribution in [0.15, 0.2) is 24.3 Å². The Hall–Kier alpha value is -1.36. The van der Waals surface area contributed by atoms with Crippen molar-refractivity contribution in [2.24, 2.45) is 0 Å². The maximum atomic E-state index is 12.3. The fourth-order valence-electron chi connectivity index (χ4n) is 2.13. The number of carbonyl (C=O) groups is 1. The maximum Gasteiger partial charge on any atom is 0.267 e. The lowest BCUT2D eigenvalue weighted by molar-refractivity contribution is -0.140. The Morgan fingerprint density at radius 1 is 1.22 bits per heavy atom. The van der Waals surface area contributed by atoms with Gasteiger partial charge in [-0.3, -0.25) is 4.79 Å². The fourth-order valence-corrected chi connectivity index (χ4v) is 3.03. The molecule has 96 valence electrons. The molecule has 2 aliphatic heterocycles. The maximum absolute atomic E-state index is 12.3. The van der Waals surface area contributed by atoms with Crippen LogP contribution < -0.4 is 9.47 Å². The van der Waals surface area contributed by atoms with Gasteiger partial charge in [0.1, 0.15) is 6.61 Å². The molecule has 1 amide bonds. The van der Waals surface area contributed by atoms with Gasteiger partial charge in [-0.25, -0.2) is 0 Å². The molecular formula is C13H15NO3S. The van der Waals surface area contributed by atoms with Gasteiger partial charge in [-0.2, -0.15) is 11.8 Å². The molecule has 2 heterocycles. The van der Waals surface area contributed by atoms with Crippen LogP contribution in [-0.4, -0.2) is 48.1 Å². The minimum absolute atomic E-state index is 0.0461. The summed E-state index contributed by atoms with van der Waals surface area (Å²) >= 11 is 1.89. The SMILES string of the molecule is O=C([C@H]1COc2ccccc2O1)N1CCSCC1. The van der Waals surface area contributed by atoms with Gasteiger partial charge in [0.25, 0.3) is 5.91 Å². The molecule has 1 saturated heterocycles. The largest absolute Gasteiger partial charge is 0.485 e. The van der Waals surface area contributed by atoms with E-state index in [2.05, 4.69) is 0 Å². The minimum atomic E-state index is -0.497. The first-order chi connectivity index (χ1) is 8.84. The monoisotopic (exact) mass is 265 g/mol. The molecular weight excluding hydrogens is 250 g/mol. The normalized spacial score (nSPS) is 22.7. The molecule has 1 atom stereocenters. The van der Waals surface area contributed by atoms with E-state index in [0.29, 0.717) is 12.4 Å². The van der Waals surface area contributed by atoms with Crippen LogP contribution in [0.2, 0.25) is 0 Å². The highest BCUT2D eigenvalue weighted by molar-refractivity contribution is 7.99. The van der Waals surface area contributed by atoms with E-state index in [1.807, 2.05) is 40.9 Å². The van der Waals surface area contributed by atoms with Crippen LogP contribution in [0.5, 0.6) is 11.5 Å². The third-order valence-corrected chi connectivity index (χ3v) is 4.05. The van der Waals surface area contributed by atoms with Crippen molar-refractivity contribution in [2.45, 2.75) is 6.10 Å². The molecule has 1 fully saturated rings. The molecule has 0 aromatic heterocycles. The van der Waals surface area contributed by atoms with Crippen LogP contribution in [0, 0.1) is 0 Å². The van der Waals surface area contributed by atoms with Gasteiger partial charge in [0, 0.05) is 24.6 Å². The zero-order valence-corrected chi connectivity index (χ0v) is 10.8. The van der Waals surface area contributed by atoms with Crippen molar-refractivity contribution in [3.05, 3.63) is 24.3 Å².